The fourth-order valence-electron chi connectivity index (χ4n) is 6.84. The van der Waals surface area contributed by atoms with Gasteiger partial charge >= 0.3 is 41.5 Å². The van der Waals surface area contributed by atoms with E-state index in [1.54, 1.807) is 45.0 Å². The van der Waals surface area contributed by atoms with Crippen LogP contribution in [0.5, 0.6) is 11.5 Å². The van der Waals surface area contributed by atoms with Crippen molar-refractivity contribution in [2.75, 3.05) is 6.79 Å². The number of rotatable bonds is 8. The maximum absolute atomic E-state index is 12.8. The molecule has 6 atom stereocenters. The van der Waals surface area contributed by atoms with Gasteiger partial charge in [-0.3, -0.25) is 14.4 Å². The van der Waals surface area contributed by atoms with E-state index in [-0.39, 0.29) is 70.4 Å². The first-order valence-corrected chi connectivity index (χ1v) is 16.1. The molecule has 0 saturated carbocycles. The molecule has 0 spiro atoms. The van der Waals surface area contributed by atoms with Gasteiger partial charge in [-0.05, 0) is 94.0 Å². The molecule has 0 aliphatic carbocycles. The van der Waals surface area contributed by atoms with Gasteiger partial charge in [-0.1, -0.05) is 24.3 Å². The molecule has 4 aliphatic rings. The second kappa shape index (κ2) is 15.2. The van der Waals surface area contributed by atoms with Crippen LogP contribution in [0.15, 0.2) is 59.9 Å². The predicted octanol–water partition coefficient (Wildman–Crippen LogP) is -1.73. The number of carboxylic acid groups (broad SMARTS) is 1. The number of hydrogen-bond acceptors (Lipinski definition) is 12. The normalized spacial score (nSPS) is 23.1. The SMILES string of the molecule is C[C@@H](O)[C@H]1C(=O)N2C(C(=O)OCOC(=O)C(C)(C)C)=C(c3cccc(O)c3)C[C@H]12.C[C@@H](O)[C@H]1C(=O)N2C(C(=O)[O-])=C(c3cccc(O)c3)C[C@H]12.[Na+]. The van der Waals surface area contributed by atoms with Gasteiger partial charge in [0.05, 0.1) is 53.2 Å². The third-order valence-corrected chi connectivity index (χ3v) is 9.23. The van der Waals surface area contributed by atoms with Gasteiger partial charge in [-0.15, -0.1) is 0 Å². The van der Waals surface area contributed by atoms with Gasteiger partial charge in [0.25, 0.3) is 0 Å². The Hall–Kier alpha value is -4.21. The minimum absolute atomic E-state index is 0. The van der Waals surface area contributed by atoms with Crippen molar-refractivity contribution in [2.24, 2.45) is 17.3 Å². The molecule has 0 bridgehead atoms. The maximum atomic E-state index is 12.8. The van der Waals surface area contributed by atoms with Crippen molar-refractivity contribution in [1.82, 2.24) is 9.80 Å². The molecule has 4 aliphatic heterocycles. The number of β-lactam (4-membered cyclic amide) rings is 2. The third kappa shape index (κ3) is 7.56. The van der Waals surface area contributed by atoms with Crippen molar-refractivity contribution in [1.29, 1.82) is 0 Å². The van der Waals surface area contributed by atoms with Crippen LogP contribution in [-0.4, -0.2) is 91.0 Å². The van der Waals surface area contributed by atoms with Crippen LogP contribution < -0.4 is 34.7 Å². The zero-order valence-electron chi connectivity index (χ0n) is 29.2. The van der Waals surface area contributed by atoms with Gasteiger partial charge in [0.2, 0.25) is 18.6 Å². The molecule has 2 fully saturated rings. The average molecular weight is 715 g/mol. The molecule has 0 unspecified atom stereocenters. The molecular formula is C36H39N2NaO12. The summed E-state index contributed by atoms with van der Waals surface area (Å²) in [6, 6.07) is 11.8. The third-order valence-electron chi connectivity index (χ3n) is 9.23. The largest absolute Gasteiger partial charge is 1.00 e. The van der Waals surface area contributed by atoms with E-state index in [2.05, 4.69) is 0 Å². The molecule has 2 aromatic rings. The molecule has 4 heterocycles. The van der Waals surface area contributed by atoms with E-state index in [1.807, 2.05) is 0 Å². The molecule has 2 saturated heterocycles. The van der Waals surface area contributed by atoms with Crippen molar-refractivity contribution >= 4 is 40.9 Å². The monoisotopic (exact) mass is 714 g/mol. The number of aliphatic hydroxyl groups is 2. The number of carbonyl (C=O) groups is 5. The second-order valence-corrected chi connectivity index (χ2v) is 13.8. The summed E-state index contributed by atoms with van der Waals surface area (Å²) >= 11 is 0. The predicted molar refractivity (Wildman–Crippen MR) is 172 cm³/mol. The second-order valence-electron chi connectivity index (χ2n) is 13.8. The van der Waals surface area contributed by atoms with E-state index in [0.717, 1.165) is 0 Å². The fourth-order valence-corrected chi connectivity index (χ4v) is 6.84. The minimum atomic E-state index is -1.42. The van der Waals surface area contributed by atoms with Crippen molar-refractivity contribution in [3.63, 3.8) is 0 Å². The average Bonchev–Trinajstić information content (AvgIpc) is 3.54. The molecule has 0 aromatic heterocycles. The molecule has 0 radical (unpaired) electrons. The molecule has 15 heteroatoms. The van der Waals surface area contributed by atoms with Crippen LogP contribution in [-0.2, 0) is 33.4 Å². The number of aliphatic carboxylic acids is 1. The number of amides is 2. The number of hydrogen-bond donors (Lipinski definition) is 4. The Kier molecular flexibility index (Phi) is 11.8. The van der Waals surface area contributed by atoms with Crippen LogP contribution in [0.3, 0.4) is 0 Å². The summed E-state index contributed by atoms with van der Waals surface area (Å²) in [7, 11) is 0. The number of ether oxygens (including phenoxy) is 2. The number of nitrogens with zero attached hydrogens (tertiary/aromatic N) is 2. The zero-order chi connectivity index (χ0) is 36.8. The Morgan fingerprint density at radius 1 is 0.804 bits per heavy atom. The van der Waals surface area contributed by atoms with Gasteiger partial charge in [-0.25, -0.2) is 4.79 Å². The van der Waals surface area contributed by atoms with Crippen LogP contribution in [0.1, 0.15) is 58.6 Å². The number of phenols is 2. The topological polar surface area (TPSA) is 214 Å². The van der Waals surface area contributed by atoms with Crippen LogP contribution in [0.25, 0.3) is 11.1 Å². The summed E-state index contributed by atoms with van der Waals surface area (Å²) in [5, 5.41) is 50.3. The molecule has 2 aromatic carbocycles. The molecule has 4 N–H and O–H groups in total. The van der Waals surface area contributed by atoms with E-state index in [0.29, 0.717) is 35.1 Å². The van der Waals surface area contributed by atoms with E-state index in [4.69, 9.17) is 9.47 Å². The van der Waals surface area contributed by atoms with E-state index in [1.165, 1.54) is 47.9 Å². The van der Waals surface area contributed by atoms with Gasteiger partial charge in [0.15, 0.2) is 0 Å². The number of aromatic hydroxyl groups is 2. The molecule has 14 nitrogen and oxygen atoms in total. The summed E-state index contributed by atoms with van der Waals surface area (Å²) in [6.07, 6.45) is -1.01. The number of esters is 2. The van der Waals surface area contributed by atoms with Gasteiger partial charge in [-0.2, -0.15) is 0 Å². The molecule has 51 heavy (non-hydrogen) atoms. The first-order valence-electron chi connectivity index (χ1n) is 16.1. The van der Waals surface area contributed by atoms with Gasteiger partial charge < -0.3 is 49.6 Å². The van der Waals surface area contributed by atoms with E-state index in [9.17, 15) is 49.5 Å². The molecule has 266 valence electrons. The van der Waals surface area contributed by atoms with Gasteiger partial charge in [0.1, 0.15) is 17.2 Å². The van der Waals surface area contributed by atoms with Crippen LogP contribution in [0.4, 0.5) is 0 Å². The number of carbonyl (C=O) groups excluding carboxylic acids is 5. The summed E-state index contributed by atoms with van der Waals surface area (Å²) < 4.78 is 10.1. The van der Waals surface area contributed by atoms with Crippen molar-refractivity contribution < 1.29 is 88.5 Å². The van der Waals surface area contributed by atoms with E-state index >= 15 is 0 Å². The molecule has 6 rings (SSSR count). The molecular weight excluding hydrogens is 675 g/mol. The smallest absolute Gasteiger partial charge is 0.543 e. The first kappa shape index (κ1) is 39.6. The molecule has 2 amide bonds. The fraction of sp³-hybridized carbons (Fsp3) is 0.417. The summed E-state index contributed by atoms with van der Waals surface area (Å²) in [5.74, 6) is -4.66. The Morgan fingerprint density at radius 3 is 1.63 bits per heavy atom. The van der Waals surface area contributed by atoms with Gasteiger partial charge in [0, 0.05) is 0 Å². The Morgan fingerprint density at radius 2 is 1.24 bits per heavy atom. The van der Waals surface area contributed by atoms with Crippen molar-refractivity contribution in [3.05, 3.63) is 71.1 Å². The number of aliphatic hydroxyl groups excluding tert-OH is 2. The standard InChI is InChI=1S/C21H25NO7.C15H15NO5.Na/c1-11(23)16-15-9-14(12-6-5-7-13(24)8-12)17(22(15)18(16)25)19(26)28-10-29-20(27)21(2,3)4;1-7(17)12-11-6-10(8-3-2-4-9(18)5-8)13(15(20)21)16(11)14(12)19;/h5-8,11,15-16,23-24H,9-10H2,1-4H3;2-5,7,11-12,17-18H,6H2,1H3,(H,20,21);/q;;+1/p-1/t11-,15-,16-;7-,11-,12-;/m11./s1. The Balaban J connectivity index is 0.000000235. The van der Waals surface area contributed by atoms with Crippen LogP contribution >= 0.6 is 0 Å². The summed E-state index contributed by atoms with van der Waals surface area (Å²) in [6.45, 7) is 7.52. The van der Waals surface area contributed by atoms with E-state index < -0.39 is 60.1 Å². The number of phenolic OH excluding ortho intramolecular Hbond substituents is 2. The number of carboxylic acids is 1. The Bertz CT molecular complexity index is 1810. The van der Waals surface area contributed by atoms with Crippen LogP contribution in [0, 0.1) is 17.3 Å². The zero-order valence-corrected chi connectivity index (χ0v) is 31.2. The van der Waals surface area contributed by atoms with Crippen LogP contribution in [0.2, 0.25) is 0 Å². The summed E-state index contributed by atoms with van der Waals surface area (Å²) in [5.41, 5.74) is 1.26. The Labute approximate surface area is 316 Å². The quantitative estimate of drug-likeness (QED) is 0.104. The van der Waals surface area contributed by atoms with Crippen molar-refractivity contribution in [3.8, 4) is 11.5 Å². The van der Waals surface area contributed by atoms with Crippen molar-refractivity contribution in [2.45, 2.75) is 71.8 Å². The maximum Gasteiger partial charge on any atom is 1.00 e. The number of benzene rings is 2. The first-order chi connectivity index (χ1) is 23.4. The minimum Gasteiger partial charge on any atom is -0.543 e. The summed E-state index contributed by atoms with van der Waals surface area (Å²) in [4.78, 5) is 63.1. The number of fused-ring (bicyclic) bond motifs is 2.